The van der Waals surface area contributed by atoms with Gasteiger partial charge in [-0.3, -0.25) is 0 Å². The lowest BCUT2D eigenvalue weighted by atomic mass is 10.2. The van der Waals surface area contributed by atoms with Crippen molar-refractivity contribution in [3.63, 3.8) is 0 Å². The first-order valence-electron chi connectivity index (χ1n) is 3.08. The number of aliphatic hydroxyl groups excluding tert-OH is 1. The van der Waals surface area contributed by atoms with Crippen LogP contribution in [-0.2, 0) is 0 Å². The molecule has 0 aromatic carbocycles. The van der Waals surface area contributed by atoms with Crippen molar-refractivity contribution >= 4 is 0 Å². The Labute approximate surface area is 59.1 Å². The van der Waals surface area contributed by atoms with Gasteiger partial charge < -0.3 is 10.3 Å². The van der Waals surface area contributed by atoms with Gasteiger partial charge in [0.15, 0.2) is 6.20 Å². The minimum atomic E-state index is -0.696. The Morgan fingerprint density at radius 3 is 2.70 bits per heavy atom. The molecule has 1 N–H and O–H groups in total. The first-order valence-corrected chi connectivity index (χ1v) is 3.08. The van der Waals surface area contributed by atoms with Crippen molar-refractivity contribution < 1.29 is 9.84 Å². The molecule has 0 bridgehead atoms. The van der Waals surface area contributed by atoms with Crippen LogP contribution in [0.1, 0.15) is 18.7 Å². The maximum Gasteiger partial charge on any atom is 0.221 e. The largest absolute Gasteiger partial charge is 0.618 e. The molecule has 1 unspecified atom stereocenters. The van der Waals surface area contributed by atoms with Crippen molar-refractivity contribution in [2.75, 3.05) is 0 Å². The highest BCUT2D eigenvalue weighted by Crippen LogP contribution is 2.03. The monoisotopic (exact) mass is 139 g/mol. The number of pyridine rings is 1. The van der Waals surface area contributed by atoms with Crippen LogP contribution in [0.25, 0.3) is 0 Å². The van der Waals surface area contributed by atoms with Gasteiger partial charge in [-0.2, -0.15) is 4.73 Å². The predicted octanol–water partition coefficient (Wildman–Crippen LogP) is 0.373. The van der Waals surface area contributed by atoms with Crippen LogP contribution in [0.2, 0.25) is 0 Å². The third kappa shape index (κ3) is 1.25. The molecule has 1 heterocycles. The predicted molar refractivity (Wildman–Crippen MR) is 36.0 cm³/mol. The van der Waals surface area contributed by atoms with E-state index in [-0.39, 0.29) is 0 Å². The summed E-state index contributed by atoms with van der Waals surface area (Å²) in [7, 11) is 0. The molecule has 0 saturated carbocycles. The van der Waals surface area contributed by atoms with E-state index >= 15 is 0 Å². The number of rotatable bonds is 1. The second-order valence-corrected chi connectivity index (χ2v) is 2.13. The fraction of sp³-hybridized carbons (Fsp3) is 0.286. The first kappa shape index (κ1) is 7.02. The van der Waals surface area contributed by atoms with E-state index in [2.05, 4.69) is 0 Å². The average Bonchev–Trinajstić information content (AvgIpc) is 1.88. The van der Waals surface area contributed by atoms with Gasteiger partial charge in [0.25, 0.3) is 0 Å². The normalized spacial score (nSPS) is 13.0. The summed E-state index contributed by atoms with van der Waals surface area (Å²) in [6.45, 7) is 1.56. The second kappa shape index (κ2) is 2.66. The van der Waals surface area contributed by atoms with E-state index in [0.29, 0.717) is 10.4 Å². The summed E-state index contributed by atoms with van der Waals surface area (Å²) in [6.07, 6.45) is 0.667. The van der Waals surface area contributed by atoms with Crippen LogP contribution in [0.4, 0.5) is 0 Å². The first-order chi connectivity index (χ1) is 4.72. The van der Waals surface area contributed by atoms with Crippen molar-refractivity contribution in [1.29, 1.82) is 0 Å². The molecule has 0 radical (unpaired) electrons. The SMILES string of the molecule is CC(O)c1cccc[n+]1[O-]. The maximum atomic E-state index is 10.8. The molecular weight excluding hydrogens is 130 g/mol. The fourth-order valence-corrected chi connectivity index (χ4v) is 0.765. The van der Waals surface area contributed by atoms with Crippen LogP contribution >= 0.6 is 0 Å². The van der Waals surface area contributed by atoms with Crippen molar-refractivity contribution in [2.24, 2.45) is 0 Å². The summed E-state index contributed by atoms with van der Waals surface area (Å²) in [5.41, 5.74) is 0.377. The van der Waals surface area contributed by atoms with E-state index in [0.717, 1.165) is 0 Å². The summed E-state index contributed by atoms with van der Waals surface area (Å²) in [5.74, 6) is 0. The van der Waals surface area contributed by atoms with Crippen LogP contribution in [0.5, 0.6) is 0 Å². The Morgan fingerprint density at radius 1 is 1.60 bits per heavy atom. The summed E-state index contributed by atoms with van der Waals surface area (Å²) in [6, 6.07) is 4.94. The zero-order chi connectivity index (χ0) is 7.56. The second-order valence-electron chi connectivity index (χ2n) is 2.13. The molecule has 1 atom stereocenters. The van der Waals surface area contributed by atoms with E-state index in [9.17, 15) is 5.21 Å². The molecule has 3 nitrogen and oxygen atoms in total. The molecule has 0 fully saturated rings. The van der Waals surface area contributed by atoms with E-state index < -0.39 is 6.10 Å². The third-order valence-electron chi connectivity index (χ3n) is 1.28. The molecule has 10 heavy (non-hydrogen) atoms. The Balaban J connectivity index is 3.03. The highest BCUT2D eigenvalue weighted by Gasteiger charge is 2.08. The van der Waals surface area contributed by atoms with Gasteiger partial charge in [-0.05, 0) is 13.0 Å². The smallest absolute Gasteiger partial charge is 0.221 e. The number of hydrogen-bond acceptors (Lipinski definition) is 2. The van der Waals surface area contributed by atoms with Gasteiger partial charge in [-0.1, -0.05) is 0 Å². The van der Waals surface area contributed by atoms with Crippen LogP contribution in [0.15, 0.2) is 24.4 Å². The molecule has 1 rings (SSSR count). The molecule has 1 aromatic heterocycles. The highest BCUT2D eigenvalue weighted by atomic mass is 16.5. The molecule has 3 heteroatoms. The van der Waals surface area contributed by atoms with Crippen molar-refractivity contribution in [3.05, 3.63) is 35.3 Å². The summed E-state index contributed by atoms with van der Waals surface area (Å²) < 4.78 is 0.657. The topological polar surface area (TPSA) is 47.2 Å². The molecule has 0 aliphatic rings. The van der Waals surface area contributed by atoms with Gasteiger partial charge in [-0.25, -0.2) is 0 Å². The zero-order valence-corrected chi connectivity index (χ0v) is 5.69. The molecular formula is C7H9NO2. The van der Waals surface area contributed by atoms with E-state index in [1.807, 2.05) is 0 Å². The summed E-state index contributed by atoms with van der Waals surface area (Å²) in [5, 5.41) is 19.8. The molecule has 54 valence electrons. The van der Waals surface area contributed by atoms with E-state index in [4.69, 9.17) is 5.11 Å². The quantitative estimate of drug-likeness (QED) is 0.451. The van der Waals surface area contributed by atoms with Gasteiger partial charge in [0.2, 0.25) is 5.69 Å². The lowest BCUT2D eigenvalue weighted by Crippen LogP contribution is -2.31. The molecule has 0 spiro atoms. The Bertz CT molecular complexity index is 223. The molecule has 0 aliphatic heterocycles. The summed E-state index contributed by atoms with van der Waals surface area (Å²) in [4.78, 5) is 0. The fourth-order valence-electron chi connectivity index (χ4n) is 0.765. The Hall–Kier alpha value is -1.09. The number of aliphatic hydroxyl groups is 1. The Morgan fingerprint density at radius 2 is 2.30 bits per heavy atom. The van der Waals surface area contributed by atoms with Crippen LogP contribution in [0.3, 0.4) is 0 Å². The molecule has 0 amide bonds. The standard InChI is InChI=1S/C7H9NO2/c1-6(9)7-4-2-3-5-8(7)10/h2-6,9H,1H3. The molecule has 1 aromatic rings. The average molecular weight is 139 g/mol. The van der Waals surface area contributed by atoms with Crippen LogP contribution < -0.4 is 4.73 Å². The van der Waals surface area contributed by atoms with Crippen molar-refractivity contribution in [1.82, 2.24) is 0 Å². The minimum Gasteiger partial charge on any atom is -0.618 e. The third-order valence-corrected chi connectivity index (χ3v) is 1.28. The van der Waals surface area contributed by atoms with E-state index in [1.165, 1.54) is 6.20 Å². The van der Waals surface area contributed by atoms with Gasteiger partial charge in [0.05, 0.1) is 0 Å². The minimum absolute atomic E-state index is 0.377. The zero-order valence-electron chi connectivity index (χ0n) is 5.69. The van der Waals surface area contributed by atoms with Gasteiger partial charge in [0.1, 0.15) is 6.10 Å². The number of nitrogens with zero attached hydrogens (tertiary/aromatic N) is 1. The lowest BCUT2D eigenvalue weighted by molar-refractivity contribution is -0.618. The molecule has 0 saturated heterocycles. The lowest BCUT2D eigenvalue weighted by Gasteiger charge is -2.04. The van der Waals surface area contributed by atoms with Crippen molar-refractivity contribution in [3.8, 4) is 0 Å². The van der Waals surface area contributed by atoms with Gasteiger partial charge in [0, 0.05) is 12.1 Å². The number of aromatic nitrogens is 1. The van der Waals surface area contributed by atoms with Crippen LogP contribution in [-0.4, -0.2) is 5.11 Å². The van der Waals surface area contributed by atoms with Gasteiger partial charge >= 0.3 is 0 Å². The van der Waals surface area contributed by atoms with Gasteiger partial charge in [-0.15, -0.1) is 0 Å². The maximum absolute atomic E-state index is 10.8. The van der Waals surface area contributed by atoms with E-state index in [1.54, 1.807) is 25.1 Å². The van der Waals surface area contributed by atoms with Crippen LogP contribution in [0, 0.1) is 5.21 Å². The number of hydrogen-bond donors (Lipinski definition) is 1. The van der Waals surface area contributed by atoms with Crippen molar-refractivity contribution in [2.45, 2.75) is 13.0 Å². The summed E-state index contributed by atoms with van der Waals surface area (Å²) >= 11 is 0. The molecule has 0 aliphatic carbocycles. The Kier molecular flexibility index (Phi) is 1.87. The highest BCUT2D eigenvalue weighted by molar-refractivity contribution is 4.99.